The van der Waals surface area contributed by atoms with Crippen LogP contribution in [-0.4, -0.2) is 4.98 Å². The van der Waals surface area contributed by atoms with Crippen molar-refractivity contribution in [3.63, 3.8) is 0 Å². The molecule has 2 heteroatoms. The lowest BCUT2D eigenvalue weighted by Gasteiger charge is -2.19. The number of aryl methyl sites for hydroxylation is 2. The molecule has 3 rings (SSSR count). The lowest BCUT2D eigenvalue weighted by Crippen LogP contribution is -2.10. The molecule has 0 atom stereocenters. The summed E-state index contributed by atoms with van der Waals surface area (Å²) in [6, 6.07) is 22.8. The molecule has 0 aliphatic rings. The van der Waals surface area contributed by atoms with Crippen LogP contribution in [0.25, 0.3) is 0 Å². The van der Waals surface area contributed by atoms with E-state index >= 15 is 0 Å². The molecule has 1 heterocycles. The summed E-state index contributed by atoms with van der Waals surface area (Å²) in [6.07, 6.45) is 3.91. The summed E-state index contributed by atoms with van der Waals surface area (Å²) in [5.41, 5.74) is 4.02. The van der Waals surface area contributed by atoms with Crippen molar-refractivity contribution in [2.75, 3.05) is 0 Å². The van der Waals surface area contributed by atoms with Gasteiger partial charge in [0.1, 0.15) is 5.75 Å². The molecule has 0 saturated carbocycles. The molecule has 128 valence electrons. The molecule has 0 N–H and O–H groups in total. The van der Waals surface area contributed by atoms with Gasteiger partial charge in [0.2, 0.25) is 5.88 Å². The predicted octanol–water partition coefficient (Wildman–Crippen LogP) is 5.96. The van der Waals surface area contributed by atoms with Crippen LogP contribution in [0.2, 0.25) is 0 Å². The molecule has 0 aliphatic heterocycles. The second-order valence-corrected chi connectivity index (χ2v) is 7.37. The van der Waals surface area contributed by atoms with Crippen molar-refractivity contribution in [3.8, 4) is 11.6 Å². The first-order valence-electron chi connectivity index (χ1n) is 8.78. The minimum absolute atomic E-state index is 0.150. The van der Waals surface area contributed by atoms with Gasteiger partial charge in [-0.2, -0.15) is 0 Å². The summed E-state index contributed by atoms with van der Waals surface area (Å²) in [5.74, 6) is 1.45. The predicted molar refractivity (Wildman–Crippen MR) is 103 cm³/mol. The highest BCUT2D eigenvalue weighted by atomic mass is 16.5. The van der Waals surface area contributed by atoms with E-state index in [9.17, 15) is 0 Å². The molecule has 2 aromatic carbocycles. The van der Waals surface area contributed by atoms with Crippen LogP contribution in [0.4, 0.5) is 0 Å². The van der Waals surface area contributed by atoms with E-state index < -0.39 is 0 Å². The Labute approximate surface area is 150 Å². The highest BCUT2D eigenvalue weighted by Gasteiger charge is 2.13. The van der Waals surface area contributed by atoms with Crippen LogP contribution < -0.4 is 4.74 Å². The Kier molecular flexibility index (Phi) is 5.18. The maximum Gasteiger partial charge on any atom is 0.219 e. The van der Waals surface area contributed by atoms with Crippen LogP contribution in [-0.2, 0) is 18.3 Å². The van der Waals surface area contributed by atoms with Gasteiger partial charge in [0.05, 0.1) is 0 Å². The molecule has 0 amide bonds. The van der Waals surface area contributed by atoms with E-state index in [1.165, 1.54) is 16.7 Å². The van der Waals surface area contributed by atoms with Gasteiger partial charge in [-0.25, -0.2) is 4.98 Å². The number of hydrogen-bond acceptors (Lipinski definition) is 2. The normalized spacial score (nSPS) is 11.3. The molecule has 0 unspecified atom stereocenters. The Morgan fingerprint density at radius 2 is 1.44 bits per heavy atom. The van der Waals surface area contributed by atoms with Crippen LogP contribution in [0.3, 0.4) is 0 Å². The van der Waals surface area contributed by atoms with Gasteiger partial charge in [0.25, 0.3) is 0 Å². The molecule has 1 aromatic heterocycles. The van der Waals surface area contributed by atoms with E-state index in [4.69, 9.17) is 4.74 Å². The molecule has 0 aliphatic carbocycles. The van der Waals surface area contributed by atoms with Crippen molar-refractivity contribution >= 4 is 0 Å². The van der Waals surface area contributed by atoms with E-state index in [1.807, 2.05) is 30.5 Å². The van der Waals surface area contributed by atoms with E-state index in [2.05, 4.69) is 68.2 Å². The van der Waals surface area contributed by atoms with Crippen molar-refractivity contribution < 1.29 is 4.74 Å². The van der Waals surface area contributed by atoms with Gasteiger partial charge in [-0.1, -0.05) is 69.3 Å². The van der Waals surface area contributed by atoms with Gasteiger partial charge in [-0.15, -0.1) is 0 Å². The highest BCUT2D eigenvalue weighted by Crippen LogP contribution is 2.26. The Morgan fingerprint density at radius 3 is 2.04 bits per heavy atom. The summed E-state index contributed by atoms with van der Waals surface area (Å²) in [4.78, 5) is 4.44. The number of hydrogen-bond donors (Lipinski definition) is 0. The number of pyridine rings is 1. The largest absolute Gasteiger partial charge is 0.439 e. The Morgan fingerprint density at radius 1 is 0.760 bits per heavy atom. The fraction of sp³-hybridized carbons (Fsp3) is 0.261. The molecule has 0 spiro atoms. The minimum Gasteiger partial charge on any atom is -0.439 e. The Hall–Kier alpha value is -2.61. The highest BCUT2D eigenvalue weighted by molar-refractivity contribution is 5.33. The van der Waals surface area contributed by atoms with Gasteiger partial charge < -0.3 is 4.74 Å². The number of nitrogens with zero attached hydrogens (tertiary/aromatic N) is 1. The second kappa shape index (κ2) is 7.52. The van der Waals surface area contributed by atoms with Crippen molar-refractivity contribution in [2.45, 2.75) is 39.0 Å². The molecule has 0 radical (unpaired) electrons. The van der Waals surface area contributed by atoms with Gasteiger partial charge >= 0.3 is 0 Å². The van der Waals surface area contributed by atoms with Gasteiger partial charge in [0, 0.05) is 12.3 Å². The van der Waals surface area contributed by atoms with Gasteiger partial charge in [-0.05, 0) is 47.1 Å². The standard InChI is InChI=1S/C23H25NO/c1-23(2,3)20-12-14-21(15-13-20)25-22-16-11-19(17-24-22)10-9-18-7-5-4-6-8-18/h4-8,11-17H,9-10H2,1-3H3. The fourth-order valence-electron chi connectivity index (χ4n) is 2.70. The molecular formula is C23H25NO. The minimum atomic E-state index is 0.150. The van der Waals surface area contributed by atoms with Crippen LogP contribution in [0.15, 0.2) is 72.9 Å². The first kappa shape index (κ1) is 17.2. The third-order valence-electron chi connectivity index (χ3n) is 4.29. The first-order chi connectivity index (χ1) is 12.0. The fourth-order valence-corrected chi connectivity index (χ4v) is 2.70. The average molecular weight is 331 g/mol. The monoisotopic (exact) mass is 331 g/mol. The van der Waals surface area contributed by atoms with E-state index in [0.29, 0.717) is 5.88 Å². The van der Waals surface area contributed by atoms with Gasteiger partial charge in [-0.3, -0.25) is 0 Å². The van der Waals surface area contributed by atoms with Crippen LogP contribution in [0, 0.1) is 0 Å². The van der Waals surface area contributed by atoms with Crippen LogP contribution >= 0.6 is 0 Å². The van der Waals surface area contributed by atoms with Crippen LogP contribution in [0.5, 0.6) is 11.6 Å². The summed E-state index contributed by atoms with van der Waals surface area (Å²) >= 11 is 0. The average Bonchev–Trinajstić information content (AvgIpc) is 2.62. The van der Waals surface area contributed by atoms with Gasteiger partial charge in [0.15, 0.2) is 0 Å². The van der Waals surface area contributed by atoms with E-state index in [0.717, 1.165) is 18.6 Å². The third-order valence-corrected chi connectivity index (χ3v) is 4.29. The zero-order chi connectivity index (χ0) is 17.7. The number of ether oxygens (including phenoxy) is 1. The van der Waals surface area contributed by atoms with Crippen LogP contribution in [0.1, 0.15) is 37.5 Å². The van der Waals surface area contributed by atoms with E-state index in [1.54, 1.807) is 0 Å². The summed E-state index contributed by atoms with van der Waals surface area (Å²) in [6.45, 7) is 6.62. The zero-order valence-electron chi connectivity index (χ0n) is 15.2. The molecule has 2 nitrogen and oxygen atoms in total. The van der Waals surface area contributed by atoms with Crippen molar-refractivity contribution in [3.05, 3.63) is 89.6 Å². The first-order valence-corrected chi connectivity index (χ1v) is 8.78. The maximum atomic E-state index is 5.85. The number of benzene rings is 2. The molecular weight excluding hydrogens is 306 g/mol. The Balaban J connectivity index is 1.59. The third kappa shape index (κ3) is 4.93. The maximum absolute atomic E-state index is 5.85. The smallest absolute Gasteiger partial charge is 0.219 e. The molecule has 25 heavy (non-hydrogen) atoms. The SMILES string of the molecule is CC(C)(C)c1ccc(Oc2ccc(CCc3ccccc3)cn2)cc1. The summed E-state index contributed by atoms with van der Waals surface area (Å²) < 4.78 is 5.85. The molecule has 0 bridgehead atoms. The van der Waals surface area contributed by atoms with Crippen molar-refractivity contribution in [1.29, 1.82) is 0 Å². The number of rotatable bonds is 5. The van der Waals surface area contributed by atoms with E-state index in [-0.39, 0.29) is 5.41 Å². The lowest BCUT2D eigenvalue weighted by molar-refractivity contribution is 0.461. The Bertz CT molecular complexity index is 784. The zero-order valence-corrected chi connectivity index (χ0v) is 15.2. The number of aromatic nitrogens is 1. The topological polar surface area (TPSA) is 22.1 Å². The molecule has 3 aromatic rings. The molecule has 0 saturated heterocycles. The molecule has 0 fully saturated rings. The quantitative estimate of drug-likeness (QED) is 0.576. The summed E-state index contributed by atoms with van der Waals surface area (Å²) in [5, 5.41) is 0. The lowest BCUT2D eigenvalue weighted by atomic mass is 9.87. The van der Waals surface area contributed by atoms with Crippen molar-refractivity contribution in [1.82, 2.24) is 4.98 Å². The summed E-state index contributed by atoms with van der Waals surface area (Å²) in [7, 11) is 0. The second-order valence-electron chi connectivity index (χ2n) is 7.37. The van der Waals surface area contributed by atoms with Crippen molar-refractivity contribution in [2.24, 2.45) is 0 Å².